The van der Waals surface area contributed by atoms with Gasteiger partial charge in [0, 0.05) is 21.8 Å². The molecule has 5 nitrogen and oxygen atoms in total. The number of fused-ring (bicyclic) bond motifs is 1. The highest BCUT2D eigenvalue weighted by Gasteiger charge is 2.31. The van der Waals surface area contributed by atoms with E-state index in [4.69, 9.17) is 16.6 Å². The standard InChI is InChI=1S/C32H34ClN3O2/c1-19-21(3)36(18-24-10-8-7-9-23(24)17-34)30-27(19)29(22-11-13-25(33)14-12-22)28(20(2)35-30)26(31(37)38)15-16-32(4,5)6/h7-14,26H,15-16,18H2,1-6H3,(H,37,38). The number of hydrogen-bond donors (Lipinski definition) is 1. The van der Waals surface area contributed by atoms with Crippen molar-refractivity contribution in [1.29, 1.82) is 5.26 Å². The van der Waals surface area contributed by atoms with Crippen molar-refractivity contribution in [3.8, 4) is 17.2 Å². The first-order chi connectivity index (χ1) is 17.9. The minimum absolute atomic E-state index is 0.00351. The van der Waals surface area contributed by atoms with Gasteiger partial charge in [-0.3, -0.25) is 4.79 Å². The van der Waals surface area contributed by atoms with Gasteiger partial charge in [-0.15, -0.1) is 0 Å². The number of carboxylic acid groups (broad SMARTS) is 1. The maximum absolute atomic E-state index is 12.7. The van der Waals surface area contributed by atoms with Gasteiger partial charge in [0.15, 0.2) is 0 Å². The monoisotopic (exact) mass is 527 g/mol. The minimum atomic E-state index is -0.842. The number of aliphatic carboxylic acids is 1. The SMILES string of the molecule is Cc1nc2c(c(C)c(C)n2Cc2ccccc2C#N)c(-c2ccc(Cl)cc2)c1C(CCC(C)(C)C)C(=O)O. The average molecular weight is 528 g/mol. The van der Waals surface area contributed by atoms with E-state index in [2.05, 4.69) is 45.3 Å². The molecule has 4 rings (SSSR count). The number of pyridine rings is 1. The molecule has 1 N–H and O–H groups in total. The third-order valence-corrected chi connectivity index (χ3v) is 7.67. The number of carboxylic acids is 1. The zero-order valence-electron chi connectivity index (χ0n) is 22.9. The summed E-state index contributed by atoms with van der Waals surface area (Å²) in [6.07, 6.45) is 1.28. The number of carbonyl (C=O) groups is 1. The van der Waals surface area contributed by atoms with E-state index in [9.17, 15) is 15.2 Å². The number of hydrogen-bond acceptors (Lipinski definition) is 3. The Labute approximate surface area is 229 Å². The first-order valence-electron chi connectivity index (χ1n) is 12.9. The molecule has 0 spiro atoms. The fourth-order valence-corrected chi connectivity index (χ4v) is 5.36. The molecular weight excluding hydrogens is 494 g/mol. The fraction of sp³-hybridized carbons (Fsp3) is 0.344. The maximum Gasteiger partial charge on any atom is 0.311 e. The van der Waals surface area contributed by atoms with Crippen LogP contribution in [0.1, 0.15) is 73.2 Å². The summed E-state index contributed by atoms with van der Waals surface area (Å²) in [6, 6.07) is 17.5. The van der Waals surface area contributed by atoms with Gasteiger partial charge in [0.05, 0.1) is 24.1 Å². The largest absolute Gasteiger partial charge is 0.481 e. The van der Waals surface area contributed by atoms with E-state index in [1.807, 2.05) is 55.5 Å². The Balaban J connectivity index is 2.04. The molecule has 6 heteroatoms. The molecule has 2 aromatic heterocycles. The van der Waals surface area contributed by atoms with Crippen molar-refractivity contribution < 1.29 is 9.90 Å². The molecule has 0 saturated carbocycles. The van der Waals surface area contributed by atoms with Gasteiger partial charge in [-0.2, -0.15) is 5.26 Å². The lowest BCUT2D eigenvalue weighted by atomic mass is 9.80. The Morgan fingerprint density at radius 3 is 2.37 bits per heavy atom. The quantitative estimate of drug-likeness (QED) is 0.262. The smallest absolute Gasteiger partial charge is 0.311 e. The number of rotatable bonds is 7. The van der Waals surface area contributed by atoms with Gasteiger partial charge in [0.25, 0.3) is 0 Å². The number of nitrogens with zero attached hydrogens (tertiary/aromatic N) is 3. The van der Waals surface area contributed by atoms with Crippen LogP contribution in [0.15, 0.2) is 48.5 Å². The highest BCUT2D eigenvalue weighted by Crippen LogP contribution is 2.43. The maximum atomic E-state index is 12.7. The van der Waals surface area contributed by atoms with Crippen molar-refractivity contribution in [2.45, 2.75) is 66.8 Å². The van der Waals surface area contributed by atoms with Crippen LogP contribution in [-0.2, 0) is 11.3 Å². The van der Waals surface area contributed by atoms with Crippen LogP contribution in [-0.4, -0.2) is 20.6 Å². The third kappa shape index (κ3) is 5.33. The van der Waals surface area contributed by atoms with Crippen LogP contribution in [0, 0.1) is 37.5 Å². The molecule has 0 aliphatic rings. The van der Waals surface area contributed by atoms with Gasteiger partial charge in [-0.1, -0.05) is 62.7 Å². The second-order valence-electron chi connectivity index (χ2n) is 11.2. The number of benzene rings is 2. The molecule has 2 heterocycles. The summed E-state index contributed by atoms with van der Waals surface area (Å²) in [7, 11) is 0. The summed E-state index contributed by atoms with van der Waals surface area (Å²) in [5.74, 6) is -1.54. The lowest BCUT2D eigenvalue weighted by Gasteiger charge is -2.24. The molecule has 0 aliphatic heterocycles. The lowest BCUT2D eigenvalue weighted by Crippen LogP contribution is -2.18. The van der Waals surface area contributed by atoms with Crippen molar-refractivity contribution in [1.82, 2.24) is 9.55 Å². The molecule has 0 fully saturated rings. The highest BCUT2D eigenvalue weighted by atomic mass is 35.5. The molecule has 2 aromatic carbocycles. The Hall–Kier alpha value is -3.62. The van der Waals surface area contributed by atoms with Gasteiger partial charge >= 0.3 is 5.97 Å². The molecular formula is C32H34ClN3O2. The summed E-state index contributed by atoms with van der Waals surface area (Å²) in [4.78, 5) is 17.8. The van der Waals surface area contributed by atoms with Crippen LogP contribution in [0.25, 0.3) is 22.2 Å². The van der Waals surface area contributed by atoms with Crippen LogP contribution in [0.5, 0.6) is 0 Å². The lowest BCUT2D eigenvalue weighted by molar-refractivity contribution is -0.139. The summed E-state index contributed by atoms with van der Waals surface area (Å²) in [6.45, 7) is 12.9. The second-order valence-corrected chi connectivity index (χ2v) is 11.7. The van der Waals surface area contributed by atoms with Gasteiger partial charge in [0.2, 0.25) is 0 Å². The highest BCUT2D eigenvalue weighted by molar-refractivity contribution is 6.30. The molecule has 0 radical (unpaired) electrons. The van der Waals surface area contributed by atoms with Crippen molar-refractivity contribution in [3.05, 3.63) is 87.2 Å². The summed E-state index contributed by atoms with van der Waals surface area (Å²) in [5, 5.41) is 21.7. The van der Waals surface area contributed by atoms with E-state index in [1.54, 1.807) is 0 Å². The van der Waals surface area contributed by atoms with E-state index in [0.29, 0.717) is 29.2 Å². The summed E-state index contributed by atoms with van der Waals surface area (Å²) < 4.78 is 2.14. The van der Waals surface area contributed by atoms with Crippen LogP contribution >= 0.6 is 11.6 Å². The van der Waals surface area contributed by atoms with E-state index < -0.39 is 11.9 Å². The van der Waals surface area contributed by atoms with Gasteiger partial charge in [-0.25, -0.2) is 4.98 Å². The summed E-state index contributed by atoms with van der Waals surface area (Å²) in [5.41, 5.74) is 7.71. The predicted molar refractivity (Wildman–Crippen MR) is 154 cm³/mol. The molecule has 0 bridgehead atoms. The molecule has 196 valence electrons. The minimum Gasteiger partial charge on any atom is -0.481 e. The Morgan fingerprint density at radius 1 is 1.11 bits per heavy atom. The zero-order valence-corrected chi connectivity index (χ0v) is 23.6. The van der Waals surface area contributed by atoms with Crippen molar-refractivity contribution >= 4 is 28.6 Å². The van der Waals surface area contributed by atoms with Gasteiger partial charge < -0.3 is 9.67 Å². The number of nitriles is 1. The van der Waals surface area contributed by atoms with E-state index in [-0.39, 0.29) is 5.41 Å². The van der Waals surface area contributed by atoms with Gasteiger partial charge in [-0.05, 0) is 85.0 Å². The van der Waals surface area contributed by atoms with Crippen LogP contribution < -0.4 is 0 Å². The van der Waals surface area contributed by atoms with E-state index in [0.717, 1.165) is 51.0 Å². The first kappa shape index (κ1) is 27.4. The second kappa shape index (κ2) is 10.6. The molecule has 1 atom stereocenters. The van der Waals surface area contributed by atoms with E-state index >= 15 is 0 Å². The Bertz CT molecular complexity index is 1550. The molecule has 0 saturated heterocycles. The van der Waals surface area contributed by atoms with Crippen LogP contribution in [0.4, 0.5) is 0 Å². The third-order valence-electron chi connectivity index (χ3n) is 7.41. The Kier molecular flexibility index (Phi) is 7.67. The molecule has 1 unspecified atom stereocenters. The average Bonchev–Trinajstić information content (AvgIpc) is 3.08. The first-order valence-corrected chi connectivity index (χ1v) is 13.3. The normalized spacial score (nSPS) is 12.5. The van der Waals surface area contributed by atoms with Crippen LogP contribution in [0.2, 0.25) is 5.02 Å². The van der Waals surface area contributed by atoms with Crippen molar-refractivity contribution in [3.63, 3.8) is 0 Å². The van der Waals surface area contributed by atoms with E-state index in [1.165, 1.54) is 0 Å². The zero-order chi connectivity index (χ0) is 27.8. The fourth-order valence-electron chi connectivity index (χ4n) is 5.24. The summed E-state index contributed by atoms with van der Waals surface area (Å²) >= 11 is 6.24. The molecule has 0 aliphatic carbocycles. The molecule has 4 aromatic rings. The van der Waals surface area contributed by atoms with Crippen molar-refractivity contribution in [2.24, 2.45) is 5.41 Å². The van der Waals surface area contributed by atoms with Crippen LogP contribution in [0.3, 0.4) is 0 Å². The number of aryl methyl sites for hydroxylation is 2. The van der Waals surface area contributed by atoms with Gasteiger partial charge in [0.1, 0.15) is 5.65 Å². The topological polar surface area (TPSA) is 78.9 Å². The molecule has 38 heavy (non-hydrogen) atoms. The number of aromatic nitrogens is 2. The number of halogens is 1. The van der Waals surface area contributed by atoms with Crippen molar-refractivity contribution in [2.75, 3.05) is 0 Å². The Morgan fingerprint density at radius 2 is 1.76 bits per heavy atom. The molecule has 0 amide bonds. The predicted octanol–water partition coefficient (Wildman–Crippen LogP) is 8.20.